The van der Waals surface area contributed by atoms with Crippen molar-refractivity contribution >= 4 is 40.2 Å². The second kappa shape index (κ2) is 93.4. The third kappa shape index (κ3) is 83.9. The number of phosphoric acid groups is 1. The molecule has 690 valence electrons. The summed E-state index contributed by atoms with van der Waals surface area (Å²) in [7, 11) is -4.84. The summed E-state index contributed by atoms with van der Waals surface area (Å²) in [6, 6.07) is 0.848. The quantitative estimate of drug-likeness (QED) is 0.0197. The van der Waals surface area contributed by atoms with Crippen LogP contribution >= 0.6 is 16.3 Å². The van der Waals surface area contributed by atoms with Crippen LogP contribution in [-0.2, 0) is 74.8 Å². The maximum Gasteiger partial charge on any atom is 0.475 e. The molecule has 18 nitrogen and oxygen atoms in total. The largest absolute Gasteiger partial charge is 0.475 e. The summed E-state index contributed by atoms with van der Waals surface area (Å²) in [5.74, 6) is -0.823. The molecule has 0 aromatic carbocycles. The van der Waals surface area contributed by atoms with Gasteiger partial charge in [-0.1, -0.05) is 350 Å². The van der Waals surface area contributed by atoms with E-state index in [9.17, 15) is 28.8 Å². The minimum atomic E-state index is -3.89. The predicted octanol–water partition coefficient (Wildman–Crippen LogP) is 29.1. The Bertz CT molecular complexity index is 2140. The van der Waals surface area contributed by atoms with Crippen molar-refractivity contribution in [1.29, 1.82) is 0 Å². The number of hydrogen-bond donors (Lipinski definition) is 1. The van der Waals surface area contributed by atoms with Crippen molar-refractivity contribution in [3.8, 4) is 0 Å². The number of unbranched alkanes of at least 4 members (excludes halogenated alkanes) is 44. The van der Waals surface area contributed by atoms with Gasteiger partial charge < -0.3 is 42.6 Å². The van der Waals surface area contributed by atoms with E-state index in [-0.39, 0.29) is 75.7 Å². The van der Waals surface area contributed by atoms with Gasteiger partial charge >= 0.3 is 31.7 Å². The first-order valence-electron chi connectivity index (χ1n) is 48.6. The van der Waals surface area contributed by atoms with E-state index < -0.39 is 28.6 Å². The second-order valence-corrected chi connectivity index (χ2v) is 36.0. The summed E-state index contributed by atoms with van der Waals surface area (Å²) in [5, 5.41) is 9.71. The van der Waals surface area contributed by atoms with Crippen LogP contribution in [0, 0.1) is 0 Å². The highest BCUT2D eigenvalue weighted by Crippen LogP contribution is 2.50. The highest BCUT2D eigenvalue weighted by atomic mass is 31.2. The molecule has 1 N–H and O–H groups in total. The van der Waals surface area contributed by atoms with Gasteiger partial charge in [-0.25, -0.2) is 9.24 Å². The summed E-state index contributed by atoms with van der Waals surface area (Å²) < 4.78 is 78.4. The van der Waals surface area contributed by atoms with Crippen molar-refractivity contribution in [3.63, 3.8) is 0 Å². The molecule has 0 rings (SSSR count). The van der Waals surface area contributed by atoms with Gasteiger partial charge in [-0.3, -0.25) is 32.7 Å². The number of carbonyl (C=O) groups excluding carboxylic acids is 4. The van der Waals surface area contributed by atoms with Gasteiger partial charge in [-0.05, 0) is 91.9 Å². The maximum atomic E-state index is 13.2. The minimum Gasteiger partial charge on any atom is -0.462 e. The summed E-state index contributed by atoms with van der Waals surface area (Å²) >= 11 is 0. The SMILES string of the molecule is C=CCOP(=O)(OCCC)OC[C@@H](COCC[C@@H](CCCCCCC)OC(=O)CCCCCCCCCCC)OC(=O)CCCCCCCCCCCCC.C=CCOP(OCCC)N(C(C)C)C(C)C.CCCCCCCCCCCCCC(=O)O[C@@H](CO)COCC[C@@H](CCCCCCC)OC(=O)CCCCCCCCCCC. The van der Waals surface area contributed by atoms with Crippen LogP contribution in [0.15, 0.2) is 25.3 Å². The van der Waals surface area contributed by atoms with Gasteiger partial charge in [-0.2, -0.15) is 0 Å². The number of aliphatic hydroxyl groups excluding tert-OH is 1. The van der Waals surface area contributed by atoms with Gasteiger partial charge in [-0.15, -0.1) is 13.2 Å². The lowest BCUT2D eigenvalue weighted by Crippen LogP contribution is -2.33. The van der Waals surface area contributed by atoms with Gasteiger partial charge in [0.05, 0.1) is 66.1 Å². The van der Waals surface area contributed by atoms with Crippen LogP contribution in [0.3, 0.4) is 0 Å². The van der Waals surface area contributed by atoms with E-state index in [1.807, 2.05) is 6.92 Å². The predicted molar refractivity (Wildman–Crippen MR) is 487 cm³/mol. The van der Waals surface area contributed by atoms with Crippen LogP contribution in [-0.4, -0.2) is 136 Å². The third-order valence-corrected chi connectivity index (χ3v) is 24.1. The zero-order valence-electron chi connectivity index (χ0n) is 77.9. The lowest BCUT2D eigenvalue weighted by atomic mass is 10.1. The van der Waals surface area contributed by atoms with E-state index in [2.05, 4.69) is 94.0 Å². The van der Waals surface area contributed by atoms with E-state index in [0.29, 0.717) is 76.9 Å². The molecule has 0 saturated carbocycles. The lowest BCUT2D eigenvalue weighted by Gasteiger charge is -2.35. The first-order valence-corrected chi connectivity index (χ1v) is 51.2. The maximum absolute atomic E-state index is 13.2. The smallest absolute Gasteiger partial charge is 0.462 e. The Balaban J connectivity index is -0.00000187. The average Bonchev–Trinajstić information content (AvgIpc) is 0.885. The Morgan fingerprint density at radius 3 is 0.897 bits per heavy atom. The van der Waals surface area contributed by atoms with Gasteiger partial charge in [0.1, 0.15) is 24.4 Å². The third-order valence-electron chi connectivity index (χ3n) is 20.5. The Morgan fingerprint density at radius 1 is 0.319 bits per heavy atom. The zero-order valence-corrected chi connectivity index (χ0v) is 79.6. The fourth-order valence-corrected chi connectivity index (χ4v) is 16.6. The standard InChI is InChI=1S/C45H87O9P.C39H76O6.C12H26NO2P/c1-6-11-14-17-19-21-22-24-26-29-32-35-45(47)54-43(41-52-55(48,50-37-9-4)51-38-10-5)40-49-39-36-42(33-30-27-16-13-8-3)53-44(46)34-31-28-25-23-20-18-15-12-7-2;1-4-7-10-13-15-17-18-20-22-25-28-31-39(42)45-37(34-40)35-43-33-32-36(29-26-23-12-9-6-3)44-38(41)30-27-24-21-19-16-14-11-8-5-2;1-7-9-14-16(15-10-8-2)13(11(3)4)12(5)6/h9,42-43H,4,6-8,10-41H2,1-3,5H3;36-37,40H,4-35H2,1-3H3;7,11-12H,1,8-10H2,2-6H3/t42-,43-,55?;36-,37+;/m11./s1. The molecule has 0 saturated heterocycles. The molecule has 20 heteroatoms. The molecule has 0 amide bonds. The van der Waals surface area contributed by atoms with Crippen LogP contribution in [0.1, 0.15) is 468 Å². The molecule has 0 heterocycles. The van der Waals surface area contributed by atoms with Crippen molar-refractivity contribution in [3.05, 3.63) is 25.3 Å². The fourth-order valence-electron chi connectivity index (χ4n) is 13.6. The number of hydrogen-bond acceptors (Lipinski definition) is 18. The number of rotatable bonds is 89. The molecule has 0 aliphatic heterocycles. The zero-order chi connectivity index (χ0) is 86.1. The van der Waals surface area contributed by atoms with Gasteiger partial charge in [0.15, 0.2) is 0 Å². The number of ether oxygens (including phenoxy) is 6. The van der Waals surface area contributed by atoms with Crippen LogP contribution in [0.25, 0.3) is 0 Å². The van der Waals surface area contributed by atoms with Crippen molar-refractivity contribution in [2.45, 2.75) is 505 Å². The molecular weight excluding hydrogens is 1500 g/mol. The molecule has 0 bridgehead atoms. The van der Waals surface area contributed by atoms with E-state index in [4.69, 9.17) is 51.0 Å². The second-order valence-electron chi connectivity index (χ2n) is 32.9. The lowest BCUT2D eigenvalue weighted by molar-refractivity contribution is -0.156. The van der Waals surface area contributed by atoms with Crippen LogP contribution in [0.5, 0.6) is 0 Å². The molecule has 0 spiro atoms. The van der Waals surface area contributed by atoms with Crippen molar-refractivity contribution in [2.24, 2.45) is 0 Å². The molecule has 0 aliphatic rings. The van der Waals surface area contributed by atoms with Crippen molar-refractivity contribution in [1.82, 2.24) is 4.67 Å². The molecule has 2 unspecified atom stereocenters. The van der Waals surface area contributed by atoms with E-state index in [0.717, 1.165) is 116 Å². The molecule has 0 aromatic rings. The Kier molecular flexibility index (Phi) is 94.8. The highest BCUT2D eigenvalue weighted by molar-refractivity contribution is 7.48. The highest BCUT2D eigenvalue weighted by Gasteiger charge is 2.30. The van der Waals surface area contributed by atoms with E-state index >= 15 is 0 Å². The number of aliphatic hydroxyl groups is 1. The first kappa shape index (κ1) is 118. The van der Waals surface area contributed by atoms with Crippen LogP contribution in [0.2, 0.25) is 0 Å². The van der Waals surface area contributed by atoms with Crippen molar-refractivity contribution in [2.75, 3.05) is 66.1 Å². The molecule has 0 aliphatic carbocycles. The average molecular weight is 1690 g/mol. The normalized spacial score (nSPS) is 13.3. The van der Waals surface area contributed by atoms with Gasteiger partial charge in [0.2, 0.25) is 0 Å². The minimum absolute atomic E-state index is 0.00151. The van der Waals surface area contributed by atoms with Gasteiger partial charge in [0.25, 0.3) is 8.53 Å². The summed E-state index contributed by atoms with van der Waals surface area (Å²) in [6.45, 7) is 35.4. The van der Waals surface area contributed by atoms with Crippen LogP contribution in [0.4, 0.5) is 0 Å². The summed E-state index contributed by atoms with van der Waals surface area (Å²) in [6.07, 6.45) is 67.8. The summed E-state index contributed by atoms with van der Waals surface area (Å²) in [5.41, 5.74) is 0. The van der Waals surface area contributed by atoms with E-state index in [1.54, 1.807) is 6.08 Å². The Morgan fingerprint density at radius 2 is 0.603 bits per heavy atom. The monoisotopic (exact) mass is 1690 g/mol. The van der Waals surface area contributed by atoms with Gasteiger partial charge in [0, 0.05) is 50.6 Å². The fraction of sp³-hybridized carbons (Fsp3) is 0.917. The number of carbonyl (C=O) groups is 4. The van der Waals surface area contributed by atoms with Crippen LogP contribution < -0.4 is 0 Å². The number of esters is 4. The number of nitrogens with zero attached hydrogens (tertiary/aromatic N) is 1. The molecule has 116 heavy (non-hydrogen) atoms. The Labute approximate surface area is 717 Å². The number of phosphoric ester groups is 1. The van der Waals surface area contributed by atoms with E-state index in [1.165, 1.54) is 237 Å². The first-order chi connectivity index (χ1) is 56.4. The molecular formula is C96H189NO17P2. The summed E-state index contributed by atoms with van der Waals surface area (Å²) in [4.78, 5) is 50.6. The topological polar surface area (TPSA) is 210 Å². The molecule has 0 fully saturated rings. The molecule has 6 atom stereocenters. The Hall–Kier alpha value is -2.34. The molecule has 0 aromatic heterocycles. The van der Waals surface area contributed by atoms with Crippen molar-refractivity contribution < 1.29 is 79.9 Å². The molecule has 0 radical (unpaired) electrons.